The number of furan rings is 1. The Hall–Kier alpha value is -1.33. The molecule has 1 atom stereocenters. The second-order valence-electron chi connectivity index (χ2n) is 4.39. The molecular formula is C15H17BrFNO2. The summed E-state index contributed by atoms with van der Waals surface area (Å²) in [5.74, 6) is 0.725. The van der Waals surface area contributed by atoms with Crippen molar-refractivity contribution in [3.8, 4) is 5.75 Å². The minimum Gasteiger partial charge on any atom is -0.494 e. The molecule has 0 radical (unpaired) electrons. The second kappa shape index (κ2) is 6.90. The van der Waals surface area contributed by atoms with E-state index in [1.54, 1.807) is 18.2 Å². The molecule has 1 aromatic carbocycles. The van der Waals surface area contributed by atoms with E-state index in [1.165, 1.54) is 7.11 Å². The molecule has 3 nitrogen and oxygen atoms in total. The summed E-state index contributed by atoms with van der Waals surface area (Å²) in [6, 6.07) is 8.81. The van der Waals surface area contributed by atoms with E-state index in [0.717, 1.165) is 12.3 Å². The normalized spacial score (nSPS) is 12.4. The minimum atomic E-state index is -0.316. The maximum atomic E-state index is 14.2. The first-order valence-electron chi connectivity index (χ1n) is 6.45. The highest BCUT2D eigenvalue weighted by atomic mass is 79.9. The highest BCUT2D eigenvalue weighted by Gasteiger charge is 2.18. The average Bonchev–Trinajstić information content (AvgIpc) is 2.87. The Balaban J connectivity index is 2.24. The zero-order valence-corrected chi connectivity index (χ0v) is 13.0. The van der Waals surface area contributed by atoms with E-state index in [0.29, 0.717) is 16.7 Å². The van der Waals surface area contributed by atoms with Crippen LogP contribution in [0.25, 0.3) is 0 Å². The number of rotatable bonds is 6. The molecular weight excluding hydrogens is 325 g/mol. The van der Waals surface area contributed by atoms with E-state index >= 15 is 0 Å². The fourth-order valence-electron chi connectivity index (χ4n) is 2.13. The van der Waals surface area contributed by atoms with Crippen molar-refractivity contribution in [3.63, 3.8) is 0 Å². The van der Waals surface area contributed by atoms with Crippen LogP contribution in [0.1, 0.15) is 24.3 Å². The average molecular weight is 342 g/mol. The first-order valence-corrected chi connectivity index (χ1v) is 7.25. The monoisotopic (exact) mass is 341 g/mol. The van der Waals surface area contributed by atoms with Gasteiger partial charge in [0.05, 0.1) is 13.2 Å². The Morgan fingerprint density at radius 2 is 2.15 bits per heavy atom. The third-order valence-electron chi connectivity index (χ3n) is 3.08. The van der Waals surface area contributed by atoms with Gasteiger partial charge in [0.1, 0.15) is 5.76 Å². The molecule has 2 aromatic rings. The van der Waals surface area contributed by atoms with Crippen LogP contribution < -0.4 is 10.1 Å². The van der Waals surface area contributed by atoms with Gasteiger partial charge in [-0.05, 0) is 52.7 Å². The molecule has 0 amide bonds. The van der Waals surface area contributed by atoms with Crippen molar-refractivity contribution >= 4 is 15.9 Å². The van der Waals surface area contributed by atoms with Gasteiger partial charge in [-0.1, -0.05) is 19.1 Å². The summed E-state index contributed by atoms with van der Waals surface area (Å²) in [4.78, 5) is 0. The predicted octanol–water partition coefficient (Wildman–Crippen LogP) is 4.08. The third-order valence-corrected chi connectivity index (χ3v) is 3.50. The molecule has 0 fully saturated rings. The van der Waals surface area contributed by atoms with Crippen LogP contribution in [-0.4, -0.2) is 13.7 Å². The van der Waals surface area contributed by atoms with Crippen molar-refractivity contribution in [1.29, 1.82) is 0 Å². The van der Waals surface area contributed by atoms with Crippen LogP contribution in [0.4, 0.5) is 4.39 Å². The van der Waals surface area contributed by atoms with E-state index < -0.39 is 0 Å². The van der Waals surface area contributed by atoms with Gasteiger partial charge < -0.3 is 14.5 Å². The van der Waals surface area contributed by atoms with Gasteiger partial charge in [0, 0.05) is 0 Å². The van der Waals surface area contributed by atoms with Crippen molar-refractivity contribution in [1.82, 2.24) is 5.32 Å². The molecule has 0 bridgehead atoms. The largest absolute Gasteiger partial charge is 0.494 e. The van der Waals surface area contributed by atoms with Crippen molar-refractivity contribution in [3.05, 3.63) is 52.1 Å². The molecule has 1 aromatic heterocycles. The number of methoxy groups -OCH3 is 1. The highest BCUT2D eigenvalue weighted by Crippen LogP contribution is 2.27. The molecule has 0 aliphatic carbocycles. The summed E-state index contributed by atoms with van der Waals surface area (Å²) in [5.41, 5.74) is 0.600. The van der Waals surface area contributed by atoms with Gasteiger partial charge in [0.15, 0.2) is 16.2 Å². The Morgan fingerprint density at radius 3 is 2.75 bits per heavy atom. The molecule has 0 saturated carbocycles. The number of benzene rings is 1. The Morgan fingerprint density at radius 1 is 1.35 bits per heavy atom. The van der Waals surface area contributed by atoms with Crippen LogP contribution in [0.5, 0.6) is 5.75 Å². The van der Waals surface area contributed by atoms with Gasteiger partial charge in [0.25, 0.3) is 0 Å². The summed E-state index contributed by atoms with van der Waals surface area (Å²) >= 11 is 3.29. The van der Waals surface area contributed by atoms with Crippen LogP contribution in [0.2, 0.25) is 0 Å². The summed E-state index contributed by atoms with van der Waals surface area (Å²) in [5, 5.41) is 3.30. The van der Waals surface area contributed by atoms with E-state index in [2.05, 4.69) is 21.2 Å². The maximum absolute atomic E-state index is 14.2. The summed E-state index contributed by atoms with van der Waals surface area (Å²) < 4.78 is 25.4. The van der Waals surface area contributed by atoms with Crippen molar-refractivity contribution < 1.29 is 13.5 Å². The first kappa shape index (κ1) is 15.1. The van der Waals surface area contributed by atoms with Gasteiger partial charge in [-0.25, -0.2) is 4.39 Å². The minimum absolute atomic E-state index is 0.0760. The van der Waals surface area contributed by atoms with E-state index in [-0.39, 0.29) is 17.6 Å². The SMILES string of the molecule is CCNC(Cc1cccc(OC)c1F)c1ccc(Br)o1. The zero-order chi connectivity index (χ0) is 14.5. The predicted molar refractivity (Wildman–Crippen MR) is 79.5 cm³/mol. The molecule has 0 aliphatic heterocycles. The molecule has 20 heavy (non-hydrogen) atoms. The Bertz CT molecular complexity index is 571. The number of ether oxygens (including phenoxy) is 1. The molecule has 0 aliphatic rings. The molecule has 1 N–H and O–H groups in total. The summed E-state index contributed by atoms with van der Waals surface area (Å²) in [7, 11) is 1.47. The van der Waals surface area contributed by atoms with E-state index in [4.69, 9.17) is 9.15 Å². The molecule has 0 spiro atoms. The van der Waals surface area contributed by atoms with Crippen molar-refractivity contribution in [2.24, 2.45) is 0 Å². The zero-order valence-electron chi connectivity index (χ0n) is 11.5. The molecule has 1 unspecified atom stereocenters. The van der Waals surface area contributed by atoms with Crippen molar-refractivity contribution in [2.45, 2.75) is 19.4 Å². The van der Waals surface area contributed by atoms with Gasteiger partial charge in [-0.2, -0.15) is 0 Å². The van der Waals surface area contributed by atoms with Crippen LogP contribution in [-0.2, 0) is 6.42 Å². The van der Waals surface area contributed by atoms with Gasteiger partial charge >= 0.3 is 0 Å². The second-order valence-corrected chi connectivity index (χ2v) is 5.17. The van der Waals surface area contributed by atoms with Gasteiger partial charge in [-0.15, -0.1) is 0 Å². The van der Waals surface area contributed by atoms with Crippen molar-refractivity contribution in [2.75, 3.05) is 13.7 Å². The number of halogens is 2. The molecule has 2 rings (SSSR count). The van der Waals surface area contributed by atoms with E-state index in [1.807, 2.05) is 19.1 Å². The fraction of sp³-hybridized carbons (Fsp3) is 0.333. The van der Waals surface area contributed by atoms with E-state index in [9.17, 15) is 4.39 Å². The summed E-state index contributed by atoms with van der Waals surface area (Å²) in [6.07, 6.45) is 0.497. The number of hydrogen-bond acceptors (Lipinski definition) is 3. The van der Waals surface area contributed by atoms with Crippen LogP contribution >= 0.6 is 15.9 Å². The Kier molecular flexibility index (Phi) is 5.20. The maximum Gasteiger partial charge on any atom is 0.169 e. The van der Waals surface area contributed by atoms with Crippen LogP contribution in [0.15, 0.2) is 39.4 Å². The molecule has 0 saturated heterocycles. The number of nitrogens with one attached hydrogen (secondary N) is 1. The lowest BCUT2D eigenvalue weighted by Gasteiger charge is -2.16. The van der Waals surface area contributed by atoms with Crippen LogP contribution in [0.3, 0.4) is 0 Å². The smallest absolute Gasteiger partial charge is 0.169 e. The van der Waals surface area contributed by atoms with Crippen LogP contribution in [0, 0.1) is 5.82 Å². The lowest BCUT2D eigenvalue weighted by atomic mass is 10.0. The van der Waals surface area contributed by atoms with Gasteiger partial charge in [0.2, 0.25) is 0 Å². The number of likely N-dealkylation sites (N-methyl/N-ethyl adjacent to an activating group) is 1. The molecule has 108 valence electrons. The lowest BCUT2D eigenvalue weighted by Crippen LogP contribution is -2.23. The fourth-order valence-corrected chi connectivity index (χ4v) is 2.45. The third kappa shape index (κ3) is 3.41. The standard InChI is InChI=1S/C15H17BrFNO2/c1-3-18-11(12-7-8-14(16)20-12)9-10-5-4-6-13(19-2)15(10)17/h4-8,11,18H,3,9H2,1-2H3. The quantitative estimate of drug-likeness (QED) is 0.859. The highest BCUT2D eigenvalue weighted by molar-refractivity contribution is 9.10. The molecule has 5 heteroatoms. The molecule has 1 heterocycles. The van der Waals surface area contributed by atoms with Gasteiger partial charge in [-0.3, -0.25) is 0 Å². The number of hydrogen-bond donors (Lipinski definition) is 1. The first-order chi connectivity index (χ1) is 9.65. The topological polar surface area (TPSA) is 34.4 Å². The Labute approximate surface area is 126 Å². The summed E-state index contributed by atoms with van der Waals surface area (Å²) in [6.45, 7) is 2.78. The lowest BCUT2D eigenvalue weighted by molar-refractivity contribution is 0.376.